The smallest absolute Gasteiger partial charge is 0.243 e. The van der Waals surface area contributed by atoms with Gasteiger partial charge < -0.3 is 16.0 Å². The van der Waals surface area contributed by atoms with Crippen LogP contribution in [0.4, 0.5) is 11.4 Å². The normalized spacial score (nSPS) is 21.3. The van der Waals surface area contributed by atoms with Gasteiger partial charge in [0.2, 0.25) is 5.91 Å². The van der Waals surface area contributed by atoms with Crippen molar-refractivity contribution in [3.8, 4) is 0 Å². The third kappa shape index (κ3) is 2.18. The molecule has 1 saturated carbocycles. The Hall–Kier alpha value is -1.55. The van der Waals surface area contributed by atoms with Crippen LogP contribution in [0, 0.1) is 0 Å². The third-order valence-corrected chi connectivity index (χ3v) is 4.88. The van der Waals surface area contributed by atoms with E-state index < -0.39 is 0 Å². The molecule has 0 saturated heterocycles. The number of hydrogen-bond donors (Lipinski definition) is 2. The Morgan fingerprint density at radius 1 is 1.30 bits per heavy atom. The fraction of sp³-hybridized carbons (Fsp3) is 0.562. The second-order valence-electron chi connectivity index (χ2n) is 6.18. The molecule has 0 spiro atoms. The minimum absolute atomic E-state index is 0.0546. The van der Waals surface area contributed by atoms with Crippen LogP contribution in [-0.2, 0) is 10.2 Å². The Balaban J connectivity index is 1.99. The van der Waals surface area contributed by atoms with Gasteiger partial charge in [0.1, 0.15) is 0 Å². The van der Waals surface area contributed by atoms with E-state index in [1.165, 1.54) is 37.7 Å². The zero-order valence-corrected chi connectivity index (χ0v) is 12.1. The first-order valence-corrected chi connectivity index (χ1v) is 7.50. The van der Waals surface area contributed by atoms with E-state index >= 15 is 0 Å². The molecule has 0 radical (unpaired) electrons. The highest BCUT2D eigenvalue weighted by Gasteiger charge is 2.33. The van der Waals surface area contributed by atoms with E-state index in [0.717, 1.165) is 11.4 Å². The van der Waals surface area contributed by atoms with Crippen molar-refractivity contribution in [2.24, 2.45) is 5.73 Å². The highest BCUT2D eigenvalue weighted by atomic mass is 16.2. The maximum atomic E-state index is 11.6. The number of nitrogens with two attached hydrogens (primary N) is 1. The summed E-state index contributed by atoms with van der Waals surface area (Å²) >= 11 is 0. The van der Waals surface area contributed by atoms with Crippen LogP contribution in [-0.4, -0.2) is 26.0 Å². The summed E-state index contributed by atoms with van der Waals surface area (Å²) in [5.41, 5.74) is 9.61. The fourth-order valence-electron chi connectivity index (χ4n) is 3.61. The van der Waals surface area contributed by atoms with Gasteiger partial charge in [-0.15, -0.1) is 0 Å². The average Bonchev–Trinajstić information content (AvgIpc) is 2.47. The van der Waals surface area contributed by atoms with Gasteiger partial charge in [0, 0.05) is 19.0 Å². The average molecular weight is 273 g/mol. The highest BCUT2D eigenvalue weighted by molar-refractivity contribution is 6.01. The lowest BCUT2D eigenvalue weighted by Crippen LogP contribution is -2.38. The summed E-state index contributed by atoms with van der Waals surface area (Å²) in [6, 6.07) is 6.41. The van der Waals surface area contributed by atoms with Crippen molar-refractivity contribution in [2.75, 3.05) is 30.4 Å². The van der Waals surface area contributed by atoms with Gasteiger partial charge >= 0.3 is 0 Å². The van der Waals surface area contributed by atoms with Crippen LogP contribution in [0.25, 0.3) is 0 Å². The molecule has 3 rings (SSSR count). The van der Waals surface area contributed by atoms with Gasteiger partial charge in [0.05, 0.1) is 17.9 Å². The van der Waals surface area contributed by atoms with Crippen molar-refractivity contribution in [3.05, 3.63) is 23.8 Å². The molecule has 20 heavy (non-hydrogen) atoms. The molecule has 1 fully saturated rings. The van der Waals surface area contributed by atoms with Crippen LogP contribution < -0.4 is 16.0 Å². The molecule has 4 nitrogen and oxygen atoms in total. The molecular weight excluding hydrogens is 250 g/mol. The number of anilines is 2. The quantitative estimate of drug-likeness (QED) is 0.869. The topological polar surface area (TPSA) is 58.4 Å². The molecule has 1 aliphatic heterocycles. The molecule has 0 unspecified atom stereocenters. The SMILES string of the molecule is CN1CC(=O)Nc2ccc(C3(CN)CCCCC3)cc21. The number of likely N-dealkylation sites (N-methyl/N-ethyl adjacent to an activating group) is 1. The van der Waals surface area contributed by atoms with Gasteiger partial charge in [0.15, 0.2) is 0 Å². The van der Waals surface area contributed by atoms with Crippen LogP contribution in [0.15, 0.2) is 18.2 Å². The summed E-state index contributed by atoms with van der Waals surface area (Å²) in [4.78, 5) is 13.6. The van der Waals surface area contributed by atoms with Gasteiger partial charge in [-0.2, -0.15) is 0 Å². The molecular formula is C16H23N3O. The number of fused-ring (bicyclic) bond motifs is 1. The number of carbonyl (C=O) groups excluding carboxylic acids is 1. The zero-order valence-electron chi connectivity index (χ0n) is 12.1. The van der Waals surface area contributed by atoms with E-state index in [-0.39, 0.29) is 11.3 Å². The van der Waals surface area contributed by atoms with Crippen molar-refractivity contribution in [1.82, 2.24) is 0 Å². The molecule has 108 valence electrons. The van der Waals surface area contributed by atoms with E-state index in [0.29, 0.717) is 13.1 Å². The van der Waals surface area contributed by atoms with Crippen LogP contribution in [0.1, 0.15) is 37.7 Å². The molecule has 1 heterocycles. The van der Waals surface area contributed by atoms with Crippen LogP contribution in [0.3, 0.4) is 0 Å². The Bertz CT molecular complexity index is 520. The van der Waals surface area contributed by atoms with Crippen LogP contribution in [0.5, 0.6) is 0 Å². The summed E-state index contributed by atoms with van der Waals surface area (Å²) < 4.78 is 0. The van der Waals surface area contributed by atoms with Crippen molar-refractivity contribution < 1.29 is 4.79 Å². The van der Waals surface area contributed by atoms with Crippen molar-refractivity contribution >= 4 is 17.3 Å². The molecule has 1 aromatic carbocycles. The summed E-state index contributed by atoms with van der Waals surface area (Å²) in [5.74, 6) is 0.0546. The fourth-order valence-corrected chi connectivity index (χ4v) is 3.61. The van der Waals surface area contributed by atoms with E-state index in [2.05, 4.69) is 17.4 Å². The zero-order chi connectivity index (χ0) is 14.2. The monoisotopic (exact) mass is 273 g/mol. The number of rotatable bonds is 2. The predicted octanol–water partition coefficient (Wildman–Crippen LogP) is 2.24. The van der Waals surface area contributed by atoms with Gasteiger partial charge in [-0.1, -0.05) is 25.3 Å². The lowest BCUT2D eigenvalue weighted by molar-refractivity contribution is -0.115. The maximum Gasteiger partial charge on any atom is 0.243 e. The number of carbonyl (C=O) groups is 1. The second-order valence-corrected chi connectivity index (χ2v) is 6.18. The number of nitrogens with one attached hydrogen (secondary N) is 1. The Morgan fingerprint density at radius 3 is 2.75 bits per heavy atom. The minimum atomic E-state index is 0.0546. The first kappa shape index (κ1) is 13.4. The first-order chi connectivity index (χ1) is 9.64. The van der Waals surface area contributed by atoms with E-state index in [9.17, 15) is 4.79 Å². The molecule has 2 aliphatic rings. The number of hydrogen-bond acceptors (Lipinski definition) is 3. The molecule has 4 heteroatoms. The lowest BCUT2D eigenvalue weighted by Gasteiger charge is -2.38. The van der Waals surface area contributed by atoms with E-state index in [1.807, 2.05) is 18.0 Å². The number of benzene rings is 1. The summed E-state index contributed by atoms with van der Waals surface area (Å²) in [6.07, 6.45) is 6.21. The van der Waals surface area contributed by atoms with Crippen molar-refractivity contribution in [2.45, 2.75) is 37.5 Å². The summed E-state index contributed by atoms with van der Waals surface area (Å²) in [7, 11) is 1.97. The second kappa shape index (κ2) is 5.09. The number of amides is 1. The molecule has 3 N–H and O–H groups in total. The van der Waals surface area contributed by atoms with Crippen molar-refractivity contribution in [1.29, 1.82) is 0 Å². The van der Waals surface area contributed by atoms with E-state index in [4.69, 9.17) is 5.73 Å². The highest BCUT2D eigenvalue weighted by Crippen LogP contribution is 2.41. The van der Waals surface area contributed by atoms with Crippen molar-refractivity contribution in [3.63, 3.8) is 0 Å². The first-order valence-electron chi connectivity index (χ1n) is 7.50. The van der Waals surface area contributed by atoms with Crippen LogP contribution >= 0.6 is 0 Å². The standard InChI is InChI=1S/C16H23N3O/c1-19-10-15(20)18-13-6-5-12(9-14(13)19)16(11-17)7-3-2-4-8-16/h5-6,9H,2-4,7-8,10-11,17H2,1H3,(H,18,20). The maximum absolute atomic E-state index is 11.6. The summed E-state index contributed by atoms with van der Waals surface area (Å²) in [5, 5.41) is 2.94. The Morgan fingerprint density at radius 2 is 2.05 bits per heavy atom. The van der Waals surface area contributed by atoms with Crippen LogP contribution in [0.2, 0.25) is 0 Å². The molecule has 0 bridgehead atoms. The van der Waals surface area contributed by atoms with Gasteiger partial charge in [-0.25, -0.2) is 0 Å². The molecule has 1 amide bonds. The molecule has 0 aromatic heterocycles. The Kier molecular flexibility index (Phi) is 3.42. The van der Waals surface area contributed by atoms with Gasteiger partial charge in [-0.05, 0) is 30.5 Å². The third-order valence-electron chi connectivity index (χ3n) is 4.88. The van der Waals surface area contributed by atoms with Gasteiger partial charge in [0.25, 0.3) is 0 Å². The molecule has 0 atom stereocenters. The largest absolute Gasteiger partial charge is 0.364 e. The van der Waals surface area contributed by atoms with Gasteiger partial charge in [-0.3, -0.25) is 4.79 Å². The number of nitrogens with zero attached hydrogens (tertiary/aromatic N) is 1. The van der Waals surface area contributed by atoms with E-state index in [1.54, 1.807) is 0 Å². The molecule has 1 aromatic rings. The lowest BCUT2D eigenvalue weighted by atomic mass is 9.69. The minimum Gasteiger partial charge on any atom is -0.364 e. The predicted molar refractivity (Wildman–Crippen MR) is 82.2 cm³/mol. The molecule has 1 aliphatic carbocycles. The summed E-state index contributed by atoms with van der Waals surface area (Å²) in [6.45, 7) is 1.13. The Labute approximate surface area is 120 Å².